The van der Waals surface area contributed by atoms with E-state index in [0.29, 0.717) is 6.54 Å². The van der Waals surface area contributed by atoms with Crippen LogP contribution in [0, 0.1) is 0 Å². The van der Waals surface area contributed by atoms with Crippen molar-refractivity contribution in [1.82, 2.24) is 10.6 Å². The van der Waals surface area contributed by atoms with E-state index in [4.69, 9.17) is 4.74 Å². The molecule has 0 aromatic heterocycles. The molecule has 0 unspecified atom stereocenters. The van der Waals surface area contributed by atoms with E-state index in [1.807, 2.05) is 24.3 Å². The first-order chi connectivity index (χ1) is 9.93. The highest BCUT2D eigenvalue weighted by molar-refractivity contribution is 5.77. The normalized spacial score (nSPS) is 11.2. The van der Waals surface area contributed by atoms with Gasteiger partial charge in [0.25, 0.3) is 5.91 Å². The van der Waals surface area contributed by atoms with Crippen LogP contribution in [0.4, 0.5) is 0 Å². The van der Waals surface area contributed by atoms with Crippen LogP contribution in [0.3, 0.4) is 0 Å². The molecule has 1 amide bonds. The van der Waals surface area contributed by atoms with E-state index in [9.17, 15) is 4.79 Å². The highest BCUT2D eigenvalue weighted by Crippen LogP contribution is 2.24. The van der Waals surface area contributed by atoms with Gasteiger partial charge in [-0.15, -0.1) is 0 Å². The zero-order valence-electron chi connectivity index (χ0n) is 13.7. The molecule has 1 rings (SSSR count). The van der Waals surface area contributed by atoms with Crippen LogP contribution in [0.1, 0.15) is 39.7 Å². The Bertz CT molecular complexity index is 421. The smallest absolute Gasteiger partial charge is 0.257 e. The lowest BCUT2D eigenvalue weighted by Gasteiger charge is -2.19. The number of nitrogens with one attached hydrogen (secondary N) is 2. The lowest BCUT2D eigenvalue weighted by atomic mass is 9.87. The van der Waals surface area contributed by atoms with Gasteiger partial charge in [0, 0.05) is 13.1 Å². The summed E-state index contributed by atoms with van der Waals surface area (Å²) in [5.41, 5.74) is 1.38. The number of hydrogen-bond donors (Lipinski definition) is 2. The molecule has 4 nitrogen and oxygen atoms in total. The van der Waals surface area contributed by atoms with Crippen LogP contribution >= 0.6 is 0 Å². The number of ether oxygens (including phenoxy) is 1. The van der Waals surface area contributed by atoms with Crippen LogP contribution in [-0.2, 0) is 10.2 Å². The molecule has 118 valence electrons. The summed E-state index contributed by atoms with van der Waals surface area (Å²) in [5.74, 6) is 0.635. The summed E-state index contributed by atoms with van der Waals surface area (Å²) in [4.78, 5) is 11.6. The Balaban J connectivity index is 2.27. The molecule has 1 aromatic carbocycles. The van der Waals surface area contributed by atoms with Crippen molar-refractivity contribution in [3.05, 3.63) is 29.8 Å². The molecule has 21 heavy (non-hydrogen) atoms. The number of hydrogen-bond acceptors (Lipinski definition) is 3. The van der Waals surface area contributed by atoms with Crippen LogP contribution in [-0.4, -0.2) is 32.1 Å². The summed E-state index contributed by atoms with van der Waals surface area (Å²) in [7, 11) is 0. The fourth-order valence-electron chi connectivity index (χ4n) is 1.84. The van der Waals surface area contributed by atoms with Crippen molar-refractivity contribution in [2.24, 2.45) is 0 Å². The molecule has 0 atom stereocenters. The largest absolute Gasteiger partial charge is 0.484 e. The minimum atomic E-state index is -0.0896. The Morgan fingerprint density at radius 1 is 1.10 bits per heavy atom. The zero-order valence-corrected chi connectivity index (χ0v) is 13.7. The minimum absolute atomic E-state index is 0.0582. The molecule has 0 heterocycles. The Morgan fingerprint density at radius 3 is 2.33 bits per heavy atom. The Kier molecular flexibility index (Phi) is 7.23. The third-order valence-electron chi connectivity index (χ3n) is 3.14. The maximum Gasteiger partial charge on any atom is 0.257 e. The maximum atomic E-state index is 11.6. The second kappa shape index (κ2) is 8.67. The molecular weight excluding hydrogens is 264 g/mol. The van der Waals surface area contributed by atoms with Gasteiger partial charge in [-0.05, 0) is 36.1 Å². The first-order valence-corrected chi connectivity index (χ1v) is 7.64. The second-order valence-corrected chi connectivity index (χ2v) is 6.16. The Labute approximate surface area is 128 Å². The molecule has 0 spiro atoms. The van der Waals surface area contributed by atoms with Crippen molar-refractivity contribution < 1.29 is 9.53 Å². The topological polar surface area (TPSA) is 50.4 Å². The molecular formula is C17H28N2O2. The number of rotatable bonds is 8. The van der Waals surface area contributed by atoms with E-state index in [-0.39, 0.29) is 17.9 Å². The van der Waals surface area contributed by atoms with Gasteiger partial charge in [-0.1, -0.05) is 39.8 Å². The lowest BCUT2D eigenvalue weighted by molar-refractivity contribution is -0.123. The van der Waals surface area contributed by atoms with Crippen molar-refractivity contribution in [2.45, 2.75) is 39.5 Å². The Morgan fingerprint density at radius 2 is 1.76 bits per heavy atom. The molecule has 0 fully saturated rings. The van der Waals surface area contributed by atoms with E-state index >= 15 is 0 Å². The van der Waals surface area contributed by atoms with Gasteiger partial charge in [0.05, 0.1) is 0 Å². The van der Waals surface area contributed by atoms with Gasteiger partial charge in [0.1, 0.15) is 5.75 Å². The molecule has 0 aliphatic rings. The fourth-order valence-corrected chi connectivity index (χ4v) is 1.84. The van der Waals surface area contributed by atoms with Gasteiger partial charge in [0.2, 0.25) is 0 Å². The molecule has 0 saturated heterocycles. The lowest BCUT2D eigenvalue weighted by Crippen LogP contribution is -2.35. The Hall–Kier alpha value is -1.55. The molecule has 0 aliphatic heterocycles. The number of benzene rings is 1. The first kappa shape index (κ1) is 17.5. The molecule has 0 aliphatic carbocycles. The van der Waals surface area contributed by atoms with Crippen LogP contribution in [0.5, 0.6) is 5.75 Å². The molecule has 0 bridgehead atoms. The van der Waals surface area contributed by atoms with Gasteiger partial charge in [-0.3, -0.25) is 4.79 Å². The van der Waals surface area contributed by atoms with Crippen molar-refractivity contribution in [2.75, 3.05) is 26.2 Å². The van der Waals surface area contributed by atoms with Gasteiger partial charge in [0.15, 0.2) is 6.61 Å². The number of carbonyl (C=O) groups is 1. The summed E-state index contributed by atoms with van der Waals surface area (Å²) in [5, 5.41) is 6.05. The van der Waals surface area contributed by atoms with Gasteiger partial charge in [-0.25, -0.2) is 0 Å². The second-order valence-electron chi connectivity index (χ2n) is 6.16. The van der Waals surface area contributed by atoms with Crippen molar-refractivity contribution in [1.29, 1.82) is 0 Å². The molecule has 0 radical (unpaired) electrons. The van der Waals surface area contributed by atoms with Crippen molar-refractivity contribution >= 4 is 5.91 Å². The SMILES string of the molecule is CCCNCCNC(=O)COc1ccc(C(C)(C)C)cc1. The van der Waals surface area contributed by atoms with Crippen molar-refractivity contribution in [3.8, 4) is 5.75 Å². The summed E-state index contributed by atoms with van der Waals surface area (Å²) < 4.78 is 5.48. The number of carbonyl (C=O) groups excluding carboxylic acids is 1. The van der Waals surface area contributed by atoms with Gasteiger partial charge < -0.3 is 15.4 Å². The van der Waals surface area contributed by atoms with Crippen LogP contribution in [0.2, 0.25) is 0 Å². The monoisotopic (exact) mass is 292 g/mol. The predicted octanol–water partition coefficient (Wildman–Crippen LogP) is 2.48. The molecule has 0 saturated carbocycles. The summed E-state index contributed by atoms with van der Waals surface area (Å²) in [6.07, 6.45) is 1.10. The molecule has 2 N–H and O–H groups in total. The highest BCUT2D eigenvalue weighted by Gasteiger charge is 2.13. The van der Waals surface area contributed by atoms with Crippen LogP contribution in [0.25, 0.3) is 0 Å². The predicted molar refractivity (Wildman–Crippen MR) is 86.8 cm³/mol. The van der Waals surface area contributed by atoms with Crippen molar-refractivity contribution in [3.63, 3.8) is 0 Å². The third kappa shape index (κ3) is 7.14. The average Bonchev–Trinajstić information content (AvgIpc) is 2.44. The van der Waals surface area contributed by atoms with Crippen LogP contribution in [0.15, 0.2) is 24.3 Å². The van der Waals surface area contributed by atoms with Gasteiger partial charge >= 0.3 is 0 Å². The van der Waals surface area contributed by atoms with Gasteiger partial charge in [-0.2, -0.15) is 0 Å². The summed E-state index contributed by atoms with van der Waals surface area (Å²) in [6, 6.07) is 7.91. The summed E-state index contributed by atoms with van der Waals surface area (Å²) in [6.45, 7) is 11.1. The first-order valence-electron chi connectivity index (χ1n) is 7.64. The standard InChI is InChI=1S/C17H28N2O2/c1-5-10-18-11-12-19-16(20)13-21-15-8-6-14(7-9-15)17(2,3)4/h6-9,18H,5,10-13H2,1-4H3,(H,19,20). The van der Waals surface area contributed by atoms with E-state index in [0.717, 1.165) is 25.3 Å². The van der Waals surface area contributed by atoms with E-state index in [2.05, 4.69) is 38.3 Å². The quantitative estimate of drug-likeness (QED) is 0.724. The number of amides is 1. The average molecular weight is 292 g/mol. The van der Waals surface area contributed by atoms with E-state index in [1.165, 1.54) is 5.56 Å². The molecule has 1 aromatic rings. The third-order valence-corrected chi connectivity index (χ3v) is 3.14. The molecule has 4 heteroatoms. The van der Waals surface area contributed by atoms with E-state index in [1.54, 1.807) is 0 Å². The fraction of sp³-hybridized carbons (Fsp3) is 0.588. The minimum Gasteiger partial charge on any atom is -0.484 e. The summed E-state index contributed by atoms with van der Waals surface area (Å²) >= 11 is 0. The van der Waals surface area contributed by atoms with Crippen LogP contribution < -0.4 is 15.4 Å². The maximum absolute atomic E-state index is 11.6. The highest BCUT2D eigenvalue weighted by atomic mass is 16.5. The van der Waals surface area contributed by atoms with E-state index < -0.39 is 0 Å². The zero-order chi connectivity index (χ0) is 15.7.